The van der Waals surface area contributed by atoms with Crippen LogP contribution in [0.15, 0.2) is 11.6 Å². The number of allylic oxidation sites excluding steroid dienone is 1. The third-order valence-electron chi connectivity index (χ3n) is 3.54. The molecular weight excluding hydrogens is 188 g/mol. The van der Waals surface area contributed by atoms with Crippen LogP contribution in [0.3, 0.4) is 0 Å². The molecule has 2 rings (SSSR count). The molecule has 0 aromatic heterocycles. The van der Waals surface area contributed by atoms with Gasteiger partial charge in [0.1, 0.15) is 0 Å². The molecule has 1 saturated carbocycles. The van der Waals surface area contributed by atoms with Gasteiger partial charge in [-0.25, -0.2) is 0 Å². The summed E-state index contributed by atoms with van der Waals surface area (Å²) in [5.74, 6) is 0. The highest BCUT2D eigenvalue weighted by atomic mass is 16.7. The van der Waals surface area contributed by atoms with Crippen LogP contribution in [0.2, 0.25) is 0 Å². The predicted molar refractivity (Wildman–Crippen MR) is 60.6 cm³/mol. The fourth-order valence-corrected chi connectivity index (χ4v) is 2.26. The summed E-state index contributed by atoms with van der Waals surface area (Å²) in [6, 6.07) is 0. The summed E-state index contributed by atoms with van der Waals surface area (Å²) in [5.41, 5.74) is 2.16. The summed E-state index contributed by atoms with van der Waals surface area (Å²) in [4.78, 5) is 0. The monoisotopic (exact) mass is 210 g/mol. The van der Waals surface area contributed by atoms with Crippen LogP contribution < -0.4 is 0 Å². The van der Waals surface area contributed by atoms with Gasteiger partial charge in [-0.3, -0.25) is 0 Å². The van der Waals surface area contributed by atoms with Crippen molar-refractivity contribution in [3.63, 3.8) is 0 Å². The fraction of sp³-hybridized carbons (Fsp3) is 0.846. The molecule has 0 aromatic rings. The van der Waals surface area contributed by atoms with E-state index in [0.29, 0.717) is 5.41 Å². The van der Waals surface area contributed by atoms with Crippen molar-refractivity contribution in [3.05, 3.63) is 11.6 Å². The van der Waals surface area contributed by atoms with Crippen LogP contribution in [0.5, 0.6) is 0 Å². The molecule has 0 spiro atoms. The zero-order valence-electron chi connectivity index (χ0n) is 9.92. The molecule has 86 valence electrons. The fourth-order valence-electron chi connectivity index (χ4n) is 2.26. The molecule has 15 heavy (non-hydrogen) atoms. The van der Waals surface area contributed by atoms with Crippen molar-refractivity contribution >= 4 is 0 Å². The van der Waals surface area contributed by atoms with Gasteiger partial charge in [-0.05, 0) is 31.1 Å². The maximum absolute atomic E-state index is 5.42. The number of rotatable bonds is 2. The summed E-state index contributed by atoms with van der Waals surface area (Å²) in [6.07, 6.45) is 8.49. The maximum Gasteiger partial charge on any atom is 0.161 e. The van der Waals surface area contributed by atoms with Crippen LogP contribution in [0.1, 0.15) is 46.0 Å². The average molecular weight is 210 g/mol. The summed E-state index contributed by atoms with van der Waals surface area (Å²) in [6.45, 7) is 6.27. The first kappa shape index (κ1) is 11.2. The smallest absolute Gasteiger partial charge is 0.161 e. The topological polar surface area (TPSA) is 18.5 Å². The zero-order chi connectivity index (χ0) is 10.7. The molecule has 0 N–H and O–H groups in total. The Balaban J connectivity index is 1.77. The van der Waals surface area contributed by atoms with E-state index in [1.54, 1.807) is 5.57 Å². The van der Waals surface area contributed by atoms with Crippen molar-refractivity contribution in [2.75, 3.05) is 13.2 Å². The van der Waals surface area contributed by atoms with Crippen LogP contribution in [0, 0.1) is 5.41 Å². The molecule has 1 saturated heterocycles. The number of ether oxygens (including phenoxy) is 2. The standard InChI is InChI=1S/C13H22O2/c1-13(2)7-5-11(6-8-13)3-4-12-14-9-10-15-12/h3,12H,4-10H2,1-2H3. The summed E-state index contributed by atoms with van der Waals surface area (Å²) >= 11 is 0. The van der Waals surface area contributed by atoms with E-state index >= 15 is 0 Å². The van der Waals surface area contributed by atoms with Crippen LogP contribution in [-0.4, -0.2) is 19.5 Å². The summed E-state index contributed by atoms with van der Waals surface area (Å²) < 4.78 is 10.8. The minimum Gasteiger partial charge on any atom is -0.350 e. The number of hydrogen-bond donors (Lipinski definition) is 0. The van der Waals surface area contributed by atoms with E-state index in [1.165, 1.54) is 25.7 Å². The van der Waals surface area contributed by atoms with Gasteiger partial charge in [-0.15, -0.1) is 0 Å². The molecule has 1 aliphatic carbocycles. The average Bonchev–Trinajstić information content (AvgIpc) is 2.69. The van der Waals surface area contributed by atoms with Crippen molar-refractivity contribution in [1.29, 1.82) is 0 Å². The highest BCUT2D eigenvalue weighted by Crippen LogP contribution is 2.37. The molecule has 0 unspecified atom stereocenters. The van der Waals surface area contributed by atoms with E-state index in [1.807, 2.05) is 0 Å². The van der Waals surface area contributed by atoms with E-state index in [9.17, 15) is 0 Å². The second-order valence-corrected chi connectivity index (χ2v) is 5.43. The lowest BCUT2D eigenvalue weighted by Crippen LogP contribution is -2.16. The summed E-state index contributed by atoms with van der Waals surface area (Å²) in [7, 11) is 0. The lowest BCUT2D eigenvalue weighted by molar-refractivity contribution is -0.0382. The van der Waals surface area contributed by atoms with Crippen LogP contribution in [0.4, 0.5) is 0 Å². The molecule has 2 fully saturated rings. The van der Waals surface area contributed by atoms with Gasteiger partial charge in [0.05, 0.1) is 13.2 Å². The Hall–Kier alpha value is -0.340. The molecule has 2 nitrogen and oxygen atoms in total. The second-order valence-electron chi connectivity index (χ2n) is 5.43. The van der Waals surface area contributed by atoms with Gasteiger partial charge >= 0.3 is 0 Å². The van der Waals surface area contributed by atoms with Gasteiger partial charge in [-0.2, -0.15) is 0 Å². The molecule has 0 radical (unpaired) electrons. The Morgan fingerprint density at radius 1 is 1.20 bits per heavy atom. The zero-order valence-corrected chi connectivity index (χ0v) is 9.92. The van der Waals surface area contributed by atoms with E-state index in [-0.39, 0.29) is 6.29 Å². The number of hydrogen-bond acceptors (Lipinski definition) is 2. The molecular formula is C13H22O2. The van der Waals surface area contributed by atoms with Crippen LogP contribution in [-0.2, 0) is 9.47 Å². The molecule has 1 heterocycles. The minimum absolute atomic E-state index is 0.0347. The lowest BCUT2D eigenvalue weighted by Gasteiger charge is -2.30. The third kappa shape index (κ3) is 3.32. The van der Waals surface area contributed by atoms with E-state index in [2.05, 4.69) is 19.9 Å². The summed E-state index contributed by atoms with van der Waals surface area (Å²) in [5, 5.41) is 0. The third-order valence-corrected chi connectivity index (χ3v) is 3.54. The van der Waals surface area contributed by atoms with Gasteiger partial charge in [0.2, 0.25) is 0 Å². The van der Waals surface area contributed by atoms with Gasteiger partial charge < -0.3 is 9.47 Å². The minimum atomic E-state index is 0.0347. The van der Waals surface area contributed by atoms with Gasteiger partial charge in [0.25, 0.3) is 0 Å². The SMILES string of the molecule is CC1(C)CCC(=CCC2OCCO2)CC1. The Labute approximate surface area is 92.6 Å². The highest BCUT2D eigenvalue weighted by Gasteiger charge is 2.23. The molecule has 2 heteroatoms. The Kier molecular flexibility index (Phi) is 3.47. The Morgan fingerprint density at radius 3 is 2.40 bits per heavy atom. The van der Waals surface area contributed by atoms with Crippen molar-refractivity contribution < 1.29 is 9.47 Å². The molecule has 0 aromatic carbocycles. The van der Waals surface area contributed by atoms with E-state index < -0.39 is 0 Å². The van der Waals surface area contributed by atoms with Gasteiger partial charge in [-0.1, -0.05) is 25.5 Å². The van der Waals surface area contributed by atoms with Gasteiger partial charge in [0.15, 0.2) is 6.29 Å². The highest BCUT2D eigenvalue weighted by molar-refractivity contribution is 5.07. The first-order valence-electron chi connectivity index (χ1n) is 6.07. The molecule has 2 aliphatic rings. The molecule has 0 amide bonds. The molecule has 1 aliphatic heterocycles. The Morgan fingerprint density at radius 2 is 1.80 bits per heavy atom. The first-order valence-corrected chi connectivity index (χ1v) is 6.07. The van der Waals surface area contributed by atoms with Crippen molar-refractivity contribution in [1.82, 2.24) is 0 Å². The predicted octanol–water partition coefficient (Wildman–Crippen LogP) is 3.28. The normalized spacial score (nSPS) is 26.9. The first-order chi connectivity index (χ1) is 7.16. The van der Waals surface area contributed by atoms with E-state index in [0.717, 1.165) is 19.6 Å². The molecule has 0 atom stereocenters. The molecule has 0 bridgehead atoms. The quantitative estimate of drug-likeness (QED) is 0.651. The van der Waals surface area contributed by atoms with Crippen molar-refractivity contribution in [3.8, 4) is 0 Å². The maximum atomic E-state index is 5.42. The largest absolute Gasteiger partial charge is 0.350 e. The van der Waals surface area contributed by atoms with Gasteiger partial charge in [0, 0.05) is 6.42 Å². The lowest BCUT2D eigenvalue weighted by atomic mass is 9.75. The van der Waals surface area contributed by atoms with Crippen molar-refractivity contribution in [2.24, 2.45) is 5.41 Å². The van der Waals surface area contributed by atoms with Crippen LogP contribution in [0.25, 0.3) is 0 Å². The van der Waals surface area contributed by atoms with Crippen LogP contribution >= 0.6 is 0 Å². The van der Waals surface area contributed by atoms with E-state index in [4.69, 9.17) is 9.47 Å². The Bertz CT molecular complexity index is 225. The van der Waals surface area contributed by atoms with Crippen molar-refractivity contribution in [2.45, 2.75) is 52.2 Å². The second kappa shape index (κ2) is 4.67.